The van der Waals surface area contributed by atoms with E-state index in [2.05, 4.69) is 9.80 Å². The van der Waals surface area contributed by atoms with Crippen molar-refractivity contribution in [3.63, 3.8) is 0 Å². The molecule has 206 valence electrons. The van der Waals surface area contributed by atoms with Crippen molar-refractivity contribution in [1.29, 1.82) is 0 Å². The maximum atomic E-state index is 15.3. The number of piperazine rings is 1. The Balaban J connectivity index is 1.24. The number of carbonyl (C=O) groups is 1. The number of aromatic carboxylic acids is 1. The number of hydrogen-bond acceptors (Lipinski definition) is 5. The number of rotatable bonds is 7. The zero-order valence-corrected chi connectivity index (χ0v) is 22.9. The summed E-state index contributed by atoms with van der Waals surface area (Å²) in [5.41, 5.74) is 3.36. The number of sulfonamides is 1. The lowest BCUT2D eigenvalue weighted by molar-refractivity contribution is 0.0697. The minimum Gasteiger partial charge on any atom is -0.478 e. The summed E-state index contributed by atoms with van der Waals surface area (Å²) in [5.74, 6) is -1.34. The Morgan fingerprint density at radius 3 is 2.13 bits per heavy atom. The van der Waals surface area contributed by atoms with Crippen LogP contribution in [0.3, 0.4) is 0 Å². The van der Waals surface area contributed by atoms with Gasteiger partial charge in [0.25, 0.3) is 0 Å². The van der Waals surface area contributed by atoms with E-state index in [-0.39, 0.29) is 18.2 Å². The molecule has 3 aromatic carbocycles. The second-order valence-corrected chi connectivity index (χ2v) is 12.6. The van der Waals surface area contributed by atoms with Crippen LogP contribution in [0, 0.1) is 5.82 Å². The van der Waals surface area contributed by atoms with Crippen LogP contribution in [0.5, 0.6) is 0 Å². The quantitative estimate of drug-likeness (QED) is 0.456. The van der Waals surface area contributed by atoms with Crippen LogP contribution < -0.4 is 9.80 Å². The average Bonchev–Trinajstić information content (AvgIpc) is 2.94. The highest BCUT2D eigenvalue weighted by Gasteiger charge is 2.39. The van der Waals surface area contributed by atoms with Crippen molar-refractivity contribution < 1.29 is 22.7 Å². The first-order chi connectivity index (χ1) is 18.7. The normalized spacial score (nSPS) is 21.6. The largest absolute Gasteiger partial charge is 0.478 e. The summed E-state index contributed by atoms with van der Waals surface area (Å²) in [6, 6.07) is 21.4. The van der Waals surface area contributed by atoms with Crippen LogP contribution in [0.25, 0.3) is 0 Å². The number of benzene rings is 3. The van der Waals surface area contributed by atoms with Gasteiger partial charge in [0, 0.05) is 55.7 Å². The van der Waals surface area contributed by atoms with Crippen molar-refractivity contribution in [2.45, 2.75) is 44.0 Å². The lowest BCUT2D eigenvalue weighted by atomic mass is 10.0. The van der Waals surface area contributed by atoms with Crippen molar-refractivity contribution in [3.05, 3.63) is 95.3 Å². The number of hydrogen-bond donors (Lipinski definition) is 1. The van der Waals surface area contributed by atoms with Crippen LogP contribution in [0.15, 0.2) is 72.8 Å². The Morgan fingerprint density at radius 2 is 1.51 bits per heavy atom. The fraction of sp³-hybridized carbons (Fsp3) is 0.367. The number of nitrogens with zero attached hydrogens (tertiary/aromatic N) is 3. The van der Waals surface area contributed by atoms with Crippen LogP contribution in [-0.2, 0) is 23.0 Å². The predicted octanol–water partition coefficient (Wildman–Crippen LogP) is 4.78. The van der Waals surface area contributed by atoms with Gasteiger partial charge < -0.3 is 14.9 Å². The summed E-state index contributed by atoms with van der Waals surface area (Å²) in [4.78, 5) is 15.4. The van der Waals surface area contributed by atoms with E-state index in [1.807, 2.05) is 55.5 Å². The number of carboxylic acids is 1. The summed E-state index contributed by atoms with van der Waals surface area (Å²) in [6.45, 7) is 4.76. The molecule has 3 aromatic rings. The van der Waals surface area contributed by atoms with Gasteiger partial charge in [-0.1, -0.05) is 36.4 Å². The van der Waals surface area contributed by atoms with E-state index < -0.39 is 27.1 Å². The van der Waals surface area contributed by atoms with Gasteiger partial charge in [-0.3, -0.25) is 0 Å². The molecule has 2 aliphatic rings. The Kier molecular flexibility index (Phi) is 7.91. The molecule has 0 bridgehead atoms. The van der Waals surface area contributed by atoms with Gasteiger partial charge in [-0.2, -0.15) is 4.31 Å². The molecule has 0 aromatic heterocycles. The van der Waals surface area contributed by atoms with Gasteiger partial charge in [-0.15, -0.1) is 0 Å². The van der Waals surface area contributed by atoms with E-state index in [9.17, 15) is 13.2 Å². The van der Waals surface area contributed by atoms with Crippen molar-refractivity contribution in [2.75, 3.05) is 36.0 Å². The molecule has 5 rings (SSSR count). The molecular formula is C30H34FN3O4S. The molecular weight excluding hydrogens is 517 g/mol. The van der Waals surface area contributed by atoms with Gasteiger partial charge in [-0.25, -0.2) is 17.6 Å². The van der Waals surface area contributed by atoms with Crippen molar-refractivity contribution in [2.24, 2.45) is 0 Å². The summed E-state index contributed by atoms with van der Waals surface area (Å²) in [7, 11) is -3.58. The predicted molar refractivity (Wildman–Crippen MR) is 151 cm³/mol. The van der Waals surface area contributed by atoms with Gasteiger partial charge in [0.15, 0.2) is 0 Å². The Hall–Kier alpha value is -3.43. The Labute approximate surface area is 229 Å². The zero-order valence-electron chi connectivity index (χ0n) is 22.0. The summed E-state index contributed by atoms with van der Waals surface area (Å²) >= 11 is 0. The third-order valence-electron chi connectivity index (χ3n) is 7.94. The molecule has 0 saturated carbocycles. The van der Waals surface area contributed by atoms with Crippen LogP contribution in [0.4, 0.5) is 15.8 Å². The fourth-order valence-corrected chi connectivity index (χ4v) is 7.71. The molecule has 7 nitrogen and oxygen atoms in total. The molecule has 2 aliphatic heterocycles. The first kappa shape index (κ1) is 27.1. The number of halogens is 1. The Bertz CT molecular complexity index is 1410. The number of anilines is 2. The topological polar surface area (TPSA) is 81.2 Å². The fourth-order valence-electron chi connectivity index (χ4n) is 5.56. The smallest absolute Gasteiger partial charge is 0.335 e. The van der Waals surface area contributed by atoms with Crippen LogP contribution >= 0.6 is 0 Å². The van der Waals surface area contributed by atoms with E-state index in [1.54, 1.807) is 18.2 Å². The van der Waals surface area contributed by atoms with Gasteiger partial charge in [0.2, 0.25) is 10.0 Å². The second kappa shape index (κ2) is 11.4. The maximum Gasteiger partial charge on any atom is 0.335 e. The minimum absolute atomic E-state index is 0.0288. The molecule has 2 atom stereocenters. The summed E-state index contributed by atoms with van der Waals surface area (Å²) in [5, 5.41) is 8.60. The molecule has 1 N–H and O–H groups in total. The van der Waals surface area contributed by atoms with Crippen molar-refractivity contribution in [1.82, 2.24) is 4.31 Å². The highest BCUT2D eigenvalue weighted by atomic mass is 32.2. The standard InChI is InChI=1S/C30H34FN3O4S/c1-22-7-14-28(19-23-5-3-2-4-6-23)39(37,38)34(22)21-25-10-13-27(20-29(25)31)33-17-15-32(16-18-33)26-11-8-24(9-12-26)30(35)36/h2-6,8-13,20,22,28H,7,14-19,21H2,1H3,(H,35,36)/t22-,28?/m0/s1. The first-order valence-electron chi connectivity index (χ1n) is 13.4. The maximum absolute atomic E-state index is 15.3. The van der Waals surface area contributed by atoms with E-state index in [4.69, 9.17) is 5.11 Å². The van der Waals surface area contributed by atoms with Crippen LogP contribution in [0.1, 0.15) is 41.3 Å². The monoisotopic (exact) mass is 551 g/mol. The second-order valence-electron chi connectivity index (χ2n) is 10.4. The molecule has 2 heterocycles. The lowest BCUT2D eigenvalue weighted by Crippen LogP contribution is -2.48. The van der Waals surface area contributed by atoms with E-state index in [0.29, 0.717) is 31.5 Å². The zero-order chi connectivity index (χ0) is 27.6. The third kappa shape index (κ3) is 5.94. The molecule has 1 unspecified atom stereocenters. The van der Waals surface area contributed by atoms with Gasteiger partial charge in [-0.05, 0) is 68.1 Å². The third-order valence-corrected chi connectivity index (χ3v) is 10.3. The van der Waals surface area contributed by atoms with Crippen LogP contribution in [-0.4, -0.2) is 61.3 Å². The number of carboxylic acid groups (broad SMARTS) is 1. The average molecular weight is 552 g/mol. The molecule has 0 radical (unpaired) electrons. The van der Waals surface area contributed by atoms with Crippen molar-refractivity contribution >= 4 is 27.4 Å². The lowest BCUT2D eigenvalue weighted by Gasteiger charge is -2.38. The molecule has 2 saturated heterocycles. The molecule has 2 fully saturated rings. The van der Waals surface area contributed by atoms with Gasteiger partial charge in [0.1, 0.15) is 5.82 Å². The van der Waals surface area contributed by atoms with Gasteiger partial charge in [0.05, 0.1) is 10.8 Å². The van der Waals surface area contributed by atoms with E-state index >= 15 is 4.39 Å². The molecule has 0 aliphatic carbocycles. The summed E-state index contributed by atoms with van der Waals surface area (Å²) < 4.78 is 43.8. The minimum atomic E-state index is -3.58. The molecule has 39 heavy (non-hydrogen) atoms. The highest BCUT2D eigenvalue weighted by molar-refractivity contribution is 7.89. The highest BCUT2D eigenvalue weighted by Crippen LogP contribution is 2.31. The molecule has 0 spiro atoms. The SMILES string of the molecule is C[C@H]1CCC(Cc2ccccc2)S(=O)(=O)N1Cc1ccc(N2CCN(c3ccc(C(=O)O)cc3)CC2)cc1F. The first-order valence-corrected chi connectivity index (χ1v) is 14.9. The van der Waals surface area contributed by atoms with Crippen molar-refractivity contribution in [3.8, 4) is 0 Å². The molecule has 0 amide bonds. The summed E-state index contributed by atoms with van der Waals surface area (Å²) in [6.07, 6.45) is 1.81. The molecule has 9 heteroatoms. The van der Waals surface area contributed by atoms with Gasteiger partial charge >= 0.3 is 5.97 Å². The van der Waals surface area contributed by atoms with E-state index in [0.717, 1.165) is 36.4 Å². The van der Waals surface area contributed by atoms with E-state index in [1.165, 1.54) is 10.4 Å². The van der Waals surface area contributed by atoms with Crippen LogP contribution in [0.2, 0.25) is 0 Å². The Morgan fingerprint density at radius 1 is 0.897 bits per heavy atom.